The van der Waals surface area contributed by atoms with E-state index in [0.717, 1.165) is 0 Å². The zero-order chi connectivity index (χ0) is 10.9. The smallest absolute Gasteiger partial charge is 0.356 e. The van der Waals surface area contributed by atoms with Crippen LogP contribution < -0.4 is 0 Å². The largest absolute Gasteiger partial charge is 0.476 e. The summed E-state index contributed by atoms with van der Waals surface area (Å²) in [5.74, 6) is -0.665. The van der Waals surface area contributed by atoms with E-state index in [0.29, 0.717) is 5.82 Å². The van der Waals surface area contributed by atoms with Crippen LogP contribution in [0.5, 0.6) is 0 Å². The van der Waals surface area contributed by atoms with Crippen LogP contribution in [0.15, 0.2) is 6.20 Å². The Kier molecular flexibility index (Phi) is 2.76. The molecule has 0 aliphatic carbocycles. The summed E-state index contributed by atoms with van der Waals surface area (Å²) in [6.07, 6.45) is 1.32. The summed E-state index contributed by atoms with van der Waals surface area (Å²) in [5.41, 5.74) is -0.430. The van der Waals surface area contributed by atoms with Crippen LogP contribution in [0, 0.1) is 0 Å². The Morgan fingerprint density at radius 3 is 2.50 bits per heavy atom. The van der Waals surface area contributed by atoms with Crippen molar-refractivity contribution < 1.29 is 9.90 Å². The molecule has 76 valence electrons. The number of aromatic nitrogens is 2. The SMILES string of the molecule is CC(C)(C)c1ncc(Cl)c(C(=O)O)n1. The lowest BCUT2D eigenvalue weighted by molar-refractivity contribution is 0.0690. The molecule has 0 bridgehead atoms. The van der Waals surface area contributed by atoms with E-state index in [-0.39, 0.29) is 16.1 Å². The van der Waals surface area contributed by atoms with E-state index < -0.39 is 5.97 Å². The fraction of sp³-hybridized carbons (Fsp3) is 0.444. The molecule has 1 N–H and O–H groups in total. The Morgan fingerprint density at radius 1 is 1.50 bits per heavy atom. The molecule has 1 aromatic heterocycles. The van der Waals surface area contributed by atoms with E-state index in [2.05, 4.69) is 9.97 Å². The molecule has 0 spiro atoms. The second-order valence-electron chi connectivity index (χ2n) is 3.95. The van der Waals surface area contributed by atoms with Gasteiger partial charge in [-0.25, -0.2) is 14.8 Å². The van der Waals surface area contributed by atoms with Crippen molar-refractivity contribution in [3.63, 3.8) is 0 Å². The molecular formula is C9H11ClN2O2. The van der Waals surface area contributed by atoms with Gasteiger partial charge < -0.3 is 5.11 Å². The maximum atomic E-state index is 10.7. The molecule has 0 aliphatic heterocycles. The van der Waals surface area contributed by atoms with E-state index in [9.17, 15) is 4.79 Å². The number of aromatic carboxylic acids is 1. The minimum absolute atomic E-state index is 0.0606. The van der Waals surface area contributed by atoms with Crippen LogP contribution in [0.3, 0.4) is 0 Å². The summed E-state index contributed by atoms with van der Waals surface area (Å²) in [5, 5.41) is 8.84. The van der Waals surface area contributed by atoms with E-state index >= 15 is 0 Å². The van der Waals surface area contributed by atoms with Gasteiger partial charge in [0.05, 0.1) is 11.2 Å². The molecule has 0 aliphatic rings. The van der Waals surface area contributed by atoms with Crippen molar-refractivity contribution in [1.29, 1.82) is 0 Å². The summed E-state index contributed by atoms with van der Waals surface area (Å²) in [7, 11) is 0. The molecule has 1 rings (SSSR count). The lowest BCUT2D eigenvalue weighted by atomic mass is 9.96. The fourth-order valence-electron chi connectivity index (χ4n) is 0.878. The van der Waals surface area contributed by atoms with Crippen molar-refractivity contribution in [2.45, 2.75) is 26.2 Å². The molecule has 0 unspecified atom stereocenters. The van der Waals surface area contributed by atoms with Crippen LogP contribution in [0.1, 0.15) is 37.1 Å². The Hall–Kier alpha value is -1.16. The minimum atomic E-state index is -1.14. The van der Waals surface area contributed by atoms with Gasteiger partial charge in [-0.05, 0) is 0 Å². The number of carboxylic acid groups (broad SMARTS) is 1. The molecule has 14 heavy (non-hydrogen) atoms. The zero-order valence-electron chi connectivity index (χ0n) is 8.21. The predicted molar refractivity (Wildman–Crippen MR) is 52.7 cm³/mol. The summed E-state index contributed by atoms with van der Waals surface area (Å²) < 4.78 is 0. The van der Waals surface area contributed by atoms with Gasteiger partial charge in [-0.1, -0.05) is 32.4 Å². The third kappa shape index (κ3) is 2.20. The first-order valence-electron chi connectivity index (χ1n) is 4.08. The third-order valence-electron chi connectivity index (χ3n) is 1.62. The highest BCUT2D eigenvalue weighted by Crippen LogP contribution is 2.20. The lowest BCUT2D eigenvalue weighted by Crippen LogP contribution is -2.18. The molecule has 4 nitrogen and oxygen atoms in total. The van der Waals surface area contributed by atoms with Gasteiger partial charge in [-0.3, -0.25) is 0 Å². The van der Waals surface area contributed by atoms with Gasteiger partial charge in [-0.15, -0.1) is 0 Å². The topological polar surface area (TPSA) is 63.1 Å². The minimum Gasteiger partial charge on any atom is -0.476 e. The second-order valence-corrected chi connectivity index (χ2v) is 4.35. The molecule has 0 saturated heterocycles. The number of nitrogens with zero attached hydrogens (tertiary/aromatic N) is 2. The first-order chi connectivity index (χ1) is 6.32. The lowest BCUT2D eigenvalue weighted by Gasteiger charge is -2.16. The number of carbonyl (C=O) groups is 1. The fourth-order valence-corrected chi connectivity index (χ4v) is 1.05. The van der Waals surface area contributed by atoms with E-state index in [4.69, 9.17) is 16.7 Å². The number of hydrogen-bond acceptors (Lipinski definition) is 3. The normalized spacial score (nSPS) is 11.4. The van der Waals surface area contributed by atoms with Crippen LogP contribution >= 0.6 is 11.6 Å². The molecule has 0 amide bonds. The third-order valence-corrected chi connectivity index (χ3v) is 1.89. The van der Waals surface area contributed by atoms with E-state index in [1.54, 1.807) is 0 Å². The van der Waals surface area contributed by atoms with Crippen molar-refractivity contribution in [3.8, 4) is 0 Å². The van der Waals surface area contributed by atoms with Gasteiger partial charge in [0.15, 0.2) is 5.69 Å². The quantitative estimate of drug-likeness (QED) is 0.778. The Balaban J connectivity index is 3.27. The summed E-state index contributed by atoms with van der Waals surface area (Å²) in [4.78, 5) is 18.6. The molecule has 0 radical (unpaired) electrons. The first kappa shape index (κ1) is 10.9. The van der Waals surface area contributed by atoms with Gasteiger partial charge in [0.2, 0.25) is 0 Å². The first-order valence-corrected chi connectivity index (χ1v) is 4.46. The molecule has 0 atom stereocenters. The standard InChI is InChI=1S/C9H11ClN2O2/c1-9(2,3)8-11-4-5(10)6(12-8)7(13)14/h4H,1-3H3,(H,13,14). The Labute approximate surface area is 87.0 Å². The van der Waals surface area contributed by atoms with Crippen LogP contribution in [0.2, 0.25) is 5.02 Å². The van der Waals surface area contributed by atoms with Gasteiger partial charge >= 0.3 is 5.97 Å². The van der Waals surface area contributed by atoms with Gasteiger partial charge in [-0.2, -0.15) is 0 Å². The van der Waals surface area contributed by atoms with Crippen molar-refractivity contribution in [2.75, 3.05) is 0 Å². The number of hydrogen-bond donors (Lipinski definition) is 1. The molecule has 1 aromatic rings. The van der Waals surface area contributed by atoms with Crippen molar-refractivity contribution in [3.05, 3.63) is 22.7 Å². The Morgan fingerprint density at radius 2 is 2.07 bits per heavy atom. The van der Waals surface area contributed by atoms with Crippen LogP contribution in [-0.4, -0.2) is 21.0 Å². The molecule has 0 saturated carbocycles. The monoisotopic (exact) mass is 214 g/mol. The maximum absolute atomic E-state index is 10.7. The summed E-state index contributed by atoms with van der Waals surface area (Å²) >= 11 is 5.64. The highest BCUT2D eigenvalue weighted by molar-refractivity contribution is 6.33. The average Bonchev–Trinajstić information content (AvgIpc) is 2.02. The molecular weight excluding hydrogens is 204 g/mol. The molecule has 1 heterocycles. The van der Waals surface area contributed by atoms with Crippen LogP contribution in [-0.2, 0) is 5.41 Å². The van der Waals surface area contributed by atoms with Crippen molar-refractivity contribution in [2.24, 2.45) is 0 Å². The van der Waals surface area contributed by atoms with E-state index in [1.807, 2.05) is 20.8 Å². The summed E-state index contributed by atoms with van der Waals surface area (Å²) in [6, 6.07) is 0. The summed E-state index contributed by atoms with van der Waals surface area (Å²) in [6.45, 7) is 5.71. The molecule has 0 aromatic carbocycles. The highest BCUT2D eigenvalue weighted by atomic mass is 35.5. The maximum Gasteiger partial charge on any atom is 0.356 e. The van der Waals surface area contributed by atoms with E-state index in [1.165, 1.54) is 6.20 Å². The highest BCUT2D eigenvalue weighted by Gasteiger charge is 2.20. The average molecular weight is 215 g/mol. The molecule has 0 fully saturated rings. The predicted octanol–water partition coefficient (Wildman–Crippen LogP) is 2.13. The van der Waals surface area contributed by atoms with Crippen LogP contribution in [0.4, 0.5) is 0 Å². The number of halogens is 1. The van der Waals surface area contributed by atoms with Crippen molar-refractivity contribution in [1.82, 2.24) is 9.97 Å². The molecule has 5 heteroatoms. The Bertz CT molecular complexity index is 372. The van der Waals surface area contributed by atoms with Gasteiger partial charge in [0, 0.05) is 5.41 Å². The second kappa shape index (κ2) is 3.53. The van der Waals surface area contributed by atoms with Crippen molar-refractivity contribution >= 4 is 17.6 Å². The zero-order valence-corrected chi connectivity index (χ0v) is 8.96. The van der Waals surface area contributed by atoms with Gasteiger partial charge in [0.25, 0.3) is 0 Å². The number of rotatable bonds is 1. The number of carboxylic acids is 1. The van der Waals surface area contributed by atoms with Crippen LogP contribution in [0.25, 0.3) is 0 Å². The van der Waals surface area contributed by atoms with Gasteiger partial charge in [0.1, 0.15) is 5.82 Å².